The quantitative estimate of drug-likeness (QED) is 0.709. The number of benzene rings is 1. The SMILES string of the molecule is COc1ccccc1CN1CC(N)=NC(c2cnn(C)c2)=C1c1cc(C)nc(C)c1. The second-order valence-corrected chi connectivity index (χ2v) is 7.51. The lowest BCUT2D eigenvalue weighted by atomic mass is 10.0. The Balaban J connectivity index is 1.90. The fraction of sp³-hybridized carbons (Fsp3) is 0.261. The molecule has 0 atom stereocenters. The first kappa shape index (κ1) is 19.7. The summed E-state index contributed by atoms with van der Waals surface area (Å²) in [7, 11) is 3.59. The van der Waals surface area contributed by atoms with Crippen molar-refractivity contribution in [3.63, 3.8) is 0 Å². The Morgan fingerprint density at radius 1 is 1.10 bits per heavy atom. The summed E-state index contributed by atoms with van der Waals surface area (Å²) in [6, 6.07) is 12.2. The molecule has 1 aliphatic heterocycles. The maximum Gasteiger partial charge on any atom is 0.123 e. The highest BCUT2D eigenvalue weighted by Crippen LogP contribution is 2.35. The van der Waals surface area contributed by atoms with Crippen LogP contribution in [0.2, 0.25) is 0 Å². The molecule has 3 heterocycles. The molecule has 30 heavy (non-hydrogen) atoms. The molecule has 0 fully saturated rings. The summed E-state index contributed by atoms with van der Waals surface area (Å²) in [5.41, 5.74) is 13.1. The van der Waals surface area contributed by atoms with Crippen molar-refractivity contribution < 1.29 is 4.74 Å². The average Bonchev–Trinajstić information content (AvgIpc) is 3.13. The molecule has 0 unspecified atom stereocenters. The van der Waals surface area contributed by atoms with E-state index in [1.54, 1.807) is 11.8 Å². The van der Waals surface area contributed by atoms with Gasteiger partial charge in [0.1, 0.15) is 11.6 Å². The zero-order valence-corrected chi connectivity index (χ0v) is 17.8. The van der Waals surface area contributed by atoms with Gasteiger partial charge in [0.05, 0.1) is 31.2 Å². The molecule has 7 heteroatoms. The molecule has 0 bridgehead atoms. The number of hydrogen-bond donors (Lipinski definition) is 1. The molecule has 1 aliphatic rings. The highest BCUT2D eigenvalue weighted by Gasteiger charge is 2.26. The molecule has 154 valence electrons. The smallest absolute Gasteiger partial charge is 0.123 e. The summed E-state index contributed by atoms with van der Waals surface area (Å²) < 4.78 is 7.35. The van der Waals surface area contributed by atoms with Crippen molar-refractivity contribution in [2.75, 3.05) is 13.7 Å². The molecule has 2 aromatic heterocycles. The second kappa shape index (κ2) is 8.02. The molecule has 0 saturated carbocycles. The molecule has 3 aromatic rings. The number of amidine groups is 1. The first-order valence-electron chi connectivity index (χ1n) is 9.83. The minimum atomic E-state index is 0.525. The summed E-state index contributed by atoms with van der Waals surface area (Å²) in [5.74, 6) is 1.41. The van der Waals surface area contributed by atoms with Crippen LogP contribution in [-0.2, 0) is 13.6 Å². The zero-order valence-electron chi connectivity index (χ0n) is 17.8. The third-order valence-electron chi connectivity index (χ3n) is 5.04. The number of hydrogen-bond acceptors (Lipinski definition) is 6. The monoisotopic (exact) mass is 402 g/mol. The van der Waals surface area contributed by atoms with E-state index in [1.165, 1.54) is 0 Å². The lowest BCUT2D eigenvalue weighted by Gasteiger charge is -2.32. The van der Waals surface area contributed by atoms with Crippen LogP contribution in [-0.4, -0.2) is 39.2 Å². The lowest BCUT2D eigenvalue weighted by Crippen LogP contribution is -2.36. The van der Waals surface area contributed by atoms with E-state index in [9.17, 15) is 0 Å². The molecule has 0 saturated heterocycles. The third kappa shape index (κ3) is 3.91. The predicted octanol–water partition coefficient (Wildman–Crippen LogP) is 3.14. The van der Waals surface area contributed by atoms with Gasteiger partial charge in [0.15, 0.2) is 0 Å². The fourth-order valence-corrected chi connectivity index (χ4v) is 3.87. The number of aliphatic imine (C=N–C) groups is 1. The Kier molecular flexibility index (Phi) is 5.27. The van der Waals surface area contributed by atoms with Crippen LogP contribution in [0.1, 0.15) is 28.1 Å². The Labute approximate surface area is 176 Å². The number of pyridine rings is 1. The predicted molar refractivity (Wildman–Crippen MR) is 119 cm³/mol. The van der Waals surface area contributed by atoms with E-state index in [2.05, 4.69) is 33.2 Å². The van der Waals surface area contributed by atoms with E-state index in [1.807, 2.05) is 51.5 Å². The molecule has 0 aliphatic carbocycles. The van der Waals surface area contributed by atoms with Gasteiger partial charge in [0.2, 0.25) is 0 Å². The van der Waals surface area contributed by atoms with Crippen LogP contribution in [0.15, 0.2) is 53.8 Å². The summed E-state index contributed by atoms with van der Waals surface area (Å²) in [5, 5.41) is 4.34. The number of methoxy groups -OCH3 is 1. The fourth-order valence-electron chi connectivity index (χ4n) is 3.87. The summed E-state index contributed by atoms with van der Waals surface area (Å²) in [6.07, 6.45) is 3.78. The molecule has 0 radical (unpaired) electrons. The highest BCUT2D eigenvalue weighted by atomic mass is 16.5. The lowest BCUT2D eigenvalue weighted by molar-refractivity contribution is 0.387. The van der Waals surface area contributed by atoms with Crippen LogP contribution in [0.5, 0.6) is 5.75 Å². The standard InChI is InChI=1S/C23H26N6O/c1-15-9-18(10-16(2)26-15)23-22(19-11-25-28(3)12-19)27-21(24)14-29(23)13-17-7-5-6-8-20(17)30-4/h5-12H,13-14H2,1-4H3,(H2,24,27). The molecule has 4 rings (SSSR count). The zero-order chi connectivity index (χ0) is 21.3. The van der Waals surface area contributed by atoms with Crippen LogP contribution in [0.25, 0.3) is 11.4 Å². The highest BCUT2D eigenvalue weighted by molar-refractivity contribution is 6.00. The minimum Gasteiger partial charge on any atom is -0.496 e. The molecule has 0 amide bonds. The van der Waals surface area contributed by atoms with Gasteiger partial charge in [0, 0.05) is 47.9 Å². The topological polar surface area (TPSA) is 81.6 Å². The van der Waals surface area contributed by atoms with Crippen LogP contribution in [0.3, 0.4) is 0 Å². The number of ether oxygens (including phenoxy) is 1. The van der Waals surface area contributed by atoms with Crippen LogP contribution < -0.4 is 10.5 Å². The van der Waals surface area contributed by atoms with Crippen molar-refractivity contribution in [2.24, 2.45) is 17.8 Å². The van der Waals surface area contributed by atoms with Gasteiger partial charge in [-0.15, -0.1) is 0 Å². The maximum atomic E-state index is 6.29. The number of nitrogens with zero attached hydrogens (tertiary/aromatic N) is 5. The van der Waals surface area contributed by atoms with Crippen molar-refractivity contribution in [3.05, 3.63) is 76.9 Å². The molecular weight excluding hydrogens is 376 g/mol. The summed E-state index contributed by atoms with van der Waals surface area (Å²) in [6.45, 7) is 5.18. The van der Waals surface area contributed by atoms with Gasteiger partial charge in [-0.1, -0.05) is 18.2 Å². The Morgan fingerprint density at radius 3 is 2.50 bits per heavy atom. The molecule has 0 spiro atoms. The van der Waals surface area contributed by atoms with Gasteiger partial charge in [-0.05, 0) is 32.0 Å². The van der Waals surface area contributed by atoms with Crippen molar-refractivity contribution in [3.8, 4) is 5.75 Å². The van der Waals surface area contributed by atoms with Crippen molar-refractivity contribution in [2.45, 2.75) is 20.4 Å². The van der Waals surface area contributed by atoms with E-state index >= 15 is 0 Å². The van der Waals surface area contributed by atoms with E-state index in [0.29, 0.717) is 18.9 Å². The second-order valence-electron chi connectivity index (χ2n) is 7.51. The van der Waals surface area contributed by atoms with E-state index in [4.69, 9.17) is 15.5 Å². The normalized spacial score (nSPS) is 14.1. The van der Waals surface area contributed by atoms with Crippen LogP contribution >= 0.6 is 0 Å². The van der Waals surface area contributed by atoms with Crippen LogP contribution in [0.4, 0.5) is 0 Å². The van der Waals surface area contributed by atoms with Gasteiger partial charge in [-0.25, -0.2) is 4.99 Å². The van der Waals surface area contributed by atoms with Gasteiger partial charge >= 0.3 is 0 Å². The van der Waals surface area contributed by atoms with Gasteiger partial charge in [0.25, 0.3) is 0 Å². The van der Waals surface area contributed by atoms with Gasteiger partial charge < -0.3 is 15.4 Å². The van der Waals surface area contributed by atoms with E-state index < -0.39 is 0 Å². The van der Waals surface area contributed by atoms with Crippen molar-refractivity contribution in [1.82, 2.24) is 19.7 Å². The molecule has 2 N–H and O–H groups in total. The van der Waals surface area contributed by atoms with E-state index in [-0.39, 0.29) is 0 Å². The number of aromatic nitrogens is 3. The first-order valence-corrected chi connectivity index (χ1v) is 9.83. The average molecular weight is 403 g/mol. The third-order valence-corrected chi connectivity index (χ3v) is 5.04. The number of aryl methyl sites for hydroxylation is 3. The summed E-state index contributed by atoms with van der Waals surface area (Å²) >= 11 is 0. The Hall–Kier alpha value is -3.61. The first-order chi connectivity index (χ1) is 14.4. The Bertz CT molecular complexity index is 1120. The minimum absolute atomic E-state index is 0.525. The molecule has 7 nitrogen and oxygen atoms in total. The van der Waals surface area contributed by atoms with Gasteiger partial charge in [-0.3, -0.25) is 9.67 Å². The molecule has 1 aromatic carbocycles. The van der Waals surface area contributed by atoms with Crippen molar-refractivity contribution in [1.29, 1.82) is 0 Å². The number of para-hydroxylation sites is 1. The van der Waals surface area contributed by atoms with Crippen molar-refractivity contribution >= 4 is 17.2 Å². The number of rotatable bonds is 5. The largest absolute Gasteiger partial charge is 0.496 e. The van der Waals surface area contributed by atoms with Gasteiger partial charge in [-0.2, -0.15) is 5.10 Å². The van der Waals surface area contributed by atoms with Crippen LogP contribution in [0, 0.1) is 13.8 Å². The van der Waals surface area contributed by atoms with E-state index in [0.717, 1.165) is 45.2 Å². The maximum absolute atomic E-state index is 6.29. The summed E-state index contributed by atoms with van der Waals surface area (Å²) in [4.78, 5) is 11.5. The Morgan fingerprint density at radius 2 is 1.83 bits per heavy atom. The molecular formula is C23H26N6O. The number of nitrogens with two attached hydrogens (primary N) is 1.